The number of carbonyl (C=O) groups is 1. The lowest BCUT2D eigenvalue weighted by Gasteiger charge is -2.39. The number of anilines is 1. The molecule has 1 saturated heterocycles. The molecule has 4 nitrogen and oxygen atoms in total. The number of amides is 2. The van der Waals surface area contributed by atoms with Gasteiger partial charge in [-0.15, -0.1) is 0 Å². The van der Waals surface area contributed by atoms with Crippen molar-refractivity contribution in [2.75, 3.05) is 25.0 Å². The first-order valence-corrected chi connectivity index (χ1v) is 8.79. The van der Waals surface area contributed by atoms with Crippen molar-refractivity contribution < 1.29 is 9.18 Å². The van der Waals surface area contributed by atoms with Crippen LogP contribution in [0.4, 0.5) is 14.9 Å². The van der Waals surface area contributed by atoms with Gasteiger partial charge in [-0.1, -0.05) is 30.3 Å². The van der Waals surface area contributed by atoms with Crippen molar-refractivity contribution in [3.63, 3.8) is 0 Å². The summed E-state index contributed by atoms with van der Waals surface area (Å²) in [5.41, 5.74) is 2.03. The molecule has 1 saturated carbocycles. The zero-order valence-electron chi connectivity index (χ0n) is 14.0. The Labute approximate surface area is 147 Å². The molecule has 2 N–H and O–H groups in total. The minimum absolute atomic E-state index is 0.114. The summed E-state index contributed by atoms with van der Waals surface area (Å²) in [6.45, 7) is 2.49. The lowest BCUT2D eigenvalue weighted by Crippen LogP contribution is -2.54. The van der Waals surface area contributed by atoms with Gasteiger partial charge in [0.15, 0.2) is 0 Å². The van der Waals surface area contributed by atoms with Gasteiger partial charge in [-0.25, -0.2) is 9.18 Å². The fraction of sp³-hybridized carbons (Fsp3) is 0.350. The van der Waals surface area contributed by atoms with Crippen molar-refractivity contribution in [1.29, 1.82) is 0 Å². The molecule has 2 fully saturated rings. The Morgan fingerprint density at radius 1 is 1.08 bits per heavy atom. The monoisotopic (exact) mass is 339 g/mol. The average Bonchev–Trinajstić information content (AvgIpc) is 3.36. The third kappa shape index (κ3) is 3.82. The Morgan fingerprint density at radius 2 is 1.80 bits per heavy atom. The molecule has 0 bridgehead atoms. The third-order valence-electron chi connectivity index (χ3n) is 5.03. The second kappa shape index (κ2) is 6.84. The number of nitrogens with one attached hydrogen (secondary N) is 2. The van der Waals surface area contributed by atoms with E-state index in [0.717, 1.165) is 19.6 Å². The van der Waals surface area contributed by atoms with Gasteiger partial charge < -0.3 is 15.5 Å². The summed E-state index contributed by atoms with van der Waals surface area (Å²) in [4.78, 5) is 13.9. The van der Waals surface area contributed by atoms with Crippen LogP contribution >= 0.6 is 0 Å². The standard InChI is InChI=1S/C20H22FN3O/c21-16-6-8-17(9-7-16)23-20(25)24-12-14(13-24)11-22-19-10-18(19)15-4-2-1-3-5-15/h1-9,14,18-19,22H,10-13H2,(H,23,25). The van der Waals surface area contributed by atoms with Crippen molar-refractivity contribution in [3.8, 4) is 0 Å². The Morgan fingerprint density at radius 3 is 2.52 bits per heavy atom. The molecule has 2 aromatic carbocycles. The lowest BCUT2D eigenvalue weighted by molar-refractivity contribution is 0.129. The number of rotatable bonds is 5. The van der Waals surface area contributed by atoms with Crippen LogP contribution in [-0.4, -0.2) is 36.6 Å². The molecule has 25 heavy (non-hydrogen) atoms. The zero-order valence-corrected chi connectivity index (χ0v) is 14.0. The largest absolute Gasteiger partial charge is 0.324 e. The molecule has 130 valence electrons. The van der Waals surface area contributed by atoms with Crippen LogP contribution in [0.5, 0.6) is 0 Å². The van der Waals surface area contributed by atoms with Crippen LogP contribution in [0.1, 0.15) is 17.9 Å². The van der Waals surface area contributed by atoms with E-state index in [2.05, 4.69) is 34.9 Å². The molecule has 1 aliphatic heterocycles. The van der Waals surface area contributed by atoms with Crippen LogP contribution in [0.2, 0.25) is 0 Å². The van der Waals surface area contributed by atoms with E-state index in [9.17, 15) is 9.18 Å². The van der Waals surface area contributed by atoms with Gasteiger partial charge in [0, 0.05) is 43.2 Å². The quantitative estimate of drug-likeness (QED) is 0.876. The zero-order chi connectivity index (χ0) is 17.2. The molecule has 5 heteroatoms. The first-order chi connectivity index (χ1) is 12.2. The molecule has 0 spiro atoms. The SMILES string of the molecule is O=C(Nc1ccc(F)cc1)N1CC(CNC2CC2c2ccccc2)C1. The van der Waals surface area contributed by atoms with Crippen molar-refractivity contribution in [3.05, 3.63) is 66.0 Å². The Hall–Kier alpha value is -2.40. The van der Waals surface area contributed by atoms with E-state index in [0.29, 0.717) is 23.6 Å². The predicted octanol–water partition coefficient (Wildman–Crippen LogP) is 3.44. The molecule has 2 aliphatic rings. The van der Waals surface area contributed by atoms with Gasteiger partial charge in [0.25, 0.3) is 0 Å². The van der Waals surface area contributed by atoms with E-state index < -0.39 is 0 Å². The highest BCUT2D eigenvalue weighted by Crippen LogP contribution is 2.40. The van der Waals surface area contributed by atoms with Crippen LogP contribution in [0, 0.1) is 11.7 Å². The molecule has 0 aromatic heterocycles. The highest BCUT2D eigenvalue weighted by Gasteiger charge is 2.39. The molecule has 2 atom stereocenters. The van der Waals surface area contributed by atoms with E-state index in [1.54, 1.807) is 17.0 Å². The average molecular weight is 339 g/mol. The van der Waals surface area contributed by atoms with Crippen LogP contribution in [-0.2, 0) is 0 Å². The summed E-state index contributed by atoms with van der Waals surface area (Å²) in [6.07, 6.45) is 1.20. The molecule has 1 heterocycles. The van der Waals surface area contributed by atoms with E-state index in [1.807, 2.05) is 6.07 Å². The van der Waals surface area contributed by atoms with Crippen molar-refractivity contribution in [2.24, 2.45) is 5.92 Å². The summed E-state index contributed by atoms with van der Waals surface area (Å²) in [7, 11) is 0. The van der Waals surface area contributed by atoms with Gasteiger partial charge in [0.2, 0.25) is 0 Å². The maximum absolute atomic E-state index is 12.9. The normalized spacial score (nSPS) is 22.4. The van der Waals surface area contributed by atoms with Crippen molar-refractivity contribution >= 4 is 11.7 Å². The van der Waals surface area contributed by atoms with Gasteiger partial charge in [0.05, 0.1) is 0 Å². The van der Waals surface area contributed by atoms with Gasteiger partial charge in [-0.3, -0.25) is 0 Å². The van der Waals surface area contributed by atoms with Crippen LogP contribution in [0.25, 0.3) is 0 Å². The molecule has 2 amide bonds. The molecule has 0 radical (unpaired) electrons. The molecular weight excluding hydrogens is 317 g/mol. The van der Waals surface area contributed by atoms with Crippen LogP contribution in [0.15, 0.2) is 54.6 Å². The number of urea groups is 1. The number of benzene rings is 2. The summed E-state index contributed by atoms with van der Waals surface area (Å²) < 4.78 is 12.9. The van der Waals surface area contributed by atoms with Gasteiger partial charge in [0.1, 0.15) is 5.82 Å². The van der Waals surface area contributed by atoms with E-state index >= 15 is 0 Å². The summed E-state index contributed by atoms with van der Waals surface area (Å²) in [5, 5.41) is 6.42. The molecule has 1 aliphatic carbocycles. The minimum atomic E-state index is -0.304. The molecule has 2 aromatic rings. The molecule has 4 rings (SSSR count). The van der Waals surface area contributed by atoms with E-state index in [-0.39, 0.29) is 11.8 Å². The van der Waals surface area contributed by atoms with Crippen molar-refractivity contribution in [1.82, 2.24) is 10.2 Å². The van der Waals surface area contributed by atoms with Gasteiger partial charge in [-0.05, 0) is 36.2 Å². The van der Waals surface area contributed by atoms with Crippen LogP contribution in [0.3, 0.4) is 0 Å². The number of nitrogens with zero attached hydrogens (tertiary/aromatic N) is 1. The van der Waals surface area contributed by atoms with Crippen molar-refractivity contribution in [2.45, 2.75) is 18.4 Å². The fourth-order valence-electron chi connectivity index (χ4n) is 3.41. The first-order valence-electron chi connectivity index (χ1n) is 8.79. The predicted molar refractivity (Wildman–Crippen MR) is 96.1 cm³/mol. The maximum Gasteiger partial charge on any atom is 0.321 e. The van der Waals surface area contributed by atoms with E-state index in [4.69, 9.17) is 0 Å². The second-order valence-corrected chi connectivity index (χ2v) is 6.98. The highest BCUT2D eigenvalue weighted by molar-refractivity contribution is 5.89. The lowest BCUT2D eigenvalue weighted by atomic mass is 10.0. The molecule has 2 unspecified atom stereocenters. The smallest absolute Gasteiger partial charge is 0.321 e. The van der Waals surface area contributed by atoms with E-state index in [1.165, 1.54) is 24.1 Å². The Balaban J connectivity index is 1.16. The van der Waals surface area contributed by atoms with Gasteiger partial charge >= 0.3 is 6.03 Å². The third-order valence-corrected chi connectivity index (χ3v) is 5.03. The number of hydrogen-bond acceptors (Lipinski definition) is 2. The number of likely N-dealkylation sites (tertiary alicyclic amines) is 1. The molecular formula is C20H22FN3O. The number of halogens is 1. The first kappa shape index (κ1) is 16.1. The second-order valence-electron chi connectivity index (χ2n) is 6.98. The summed E-state index contributed by atoms with van der Waals surface area (Å²) in [5.74, 6) is 0.845. The van der Waals surface area contributed by atoms with Crippen LogP contribution < -0.4 is 10.6 Å². The van der Waals surface area contributed by atoms with Gasteiger partial charge in [-0.2, -0.15) is 0 Å². The number of hydrogen-bond donors (Lipinski definition) is 2. The fourth-order valence-corrected chi connectivity index (χ4v) is 3.41. The topological polar surface area (TPSA) is 44.4 Å². The highest BCUT2D eigenvalue weighted by atomic mass is 19.1. The number of carbonyl (C=O) groups excluding carboxylic acids is 1. The Bertz CT molecular complexity index is 728. The summed E-state index contributed by atoms with van der Waals surface area (Å²) in [6, 6.07) is 16.9. The maximum atomic E-state index is 12.9. The summed E-state index contributed by atoms with van der Waals surface area (Å²) >= 11 is 0. The Kier molecular flexibility index (Phi) is 4.40. The minimum Gasteiger partial charge on any atom is -0.324 e.